The van der Waals surface area contributed by atoms with Gasteiger partial charge in [0, 0.05) is 0 Å². The fourth-order valence-electron chi connectivity index (χ4n) is 1.86. The van der Waals surface area contributed by atoms with E-state index in [0.29, 0.717) is 0 Å². The lowest BCUT2D eigenvalue weighted by molar-refractivity contribution is 0.697. The SMILES string of the molecule is CCCCCC[S+](CC)CCCCCC. The predicted octanol–water partition coefficient (Wildman–Crippen LogP) is 4.79. The molecule has 0 aliphatic heterocycles. The van der Waals surface area contributed by atoms with Crippen LogP contribution in [0.4, 0.5) is 0 Å². The van der Waals surface area contributed by atoms with E-state index < -0.39 is 0 Å². The summed E-state index contributed by atoms with van der Waals surface area (Å²) in [6.45, 7) is 6.97. The van der Waals surface area contributed by atoms with Gasteiger partial charge in [0.1, 0.15) is 17.3 Å². The first-order valence-corrected chi connectivity index (χ1v) is 8.72. The maximum atomic E-state index is 2.38. The van der Waals surface area contributed by atoms with Gasteiger partial charge in [0.25, 0.3) is 0 Å². The molecule has 0 atom stereocenters. The smallest absolute Gasteiger partial charge is 0.0654 e. The van der Waals surface area contributed by atoms with E-state index in [1.807, 2.05) is 0 Å². The highest BCUT2D eigenvalue weighted by Gasteiger charge is 2.13. The van der Waals surface area contributed by atoms with E-state index in [-0.39, 0.29) is 0 Å². The maximum absolute atomic E-state index is 2.38. The molecule has 0 heterocycles. The molecule has 0 aromatic carbocycles. The normalized spacial score (nSPS) is 11.2. The van der Waals surface area contributed by atoms with Crippen LogP contribution in [0, 0.1) is 0 Å². The van der Waals surface area contributed by atoms with Crippen molar-refractivity contribution in [2.24, 2.45) is 0 Å². The minimum absolute atomic E-state index is 0.762. The van der Waals surface area contributed by atoms with Gasteiger partial charge in [-0.1, -0.05) is 39.5 Å². The van der Waals surface area contributed by atoms with Gasteiger partial charge >= 0.3 is 0 Å². The molecule has 0 unspecified atom stereocenters. The van der Waals surface area contributed by atoms with Crippen LogP contribution in [-0.4, -0.2) is 17.3 Å². The van der Waals surface area contributed by atoms with E-state index in [0.717, 1.165) is 10.9 Å². The Kier molecular flexibility index (Phi) is 12.7. The van der Waals surface area contributed by atoms with E-state index in [9.17, 15) is 0 Å². The van der Waals surface area contributed by atoms with Crippen molar-refractivity contribution in [2.75, 3.05) is 17.3 Å². The molecule has 0 amide bonds. The Balaban J connectivity index is 3.29. The minimum Gasteiger partial charge on any atom is -0.0654 e. The van der Waals surface area contributed by atoms with E-state index in [2.05, 4.69) is 20.8 Å². The number of hydrogen-bond acceptors (Lipinski definition) is 0. The summed E-state index contributed by atoms with van der Waals surface area (Å²) in [5, 5.41) is 0. The molecular formula is C14H31S+. The second-order valence-corrected chi connectivity index (χ2v) is 7.05. The molecule has 0 rings (SSSR count). The molecule has 0 N–H and O–H groups in total. The van der Waals surface area contributed by atoms with Gasteiger partial charge in [-0.3, -0.25) is 0 Å². The molecule has 15 heavy (non-hydrogen) atoms. The van der Waals surface area contributed by atoms with E-state index in [1.54, 1.807) is 0 Å². The van der Waals surface area contributed by atoms with Crippen LogP contribution in [0.5, 0.6) is 0 Å². The predicted molar refractivity (Wildman–Crippen MR) is 75.9 cm³/mol. The van der Waals surface area contributed by atoms with Crippen molar-refractivity contribution in [1.82, 2.24) is 0 Å². The molecule has 0 aliphatic rings. The summed E-state index contributed by atoms with van der Waals surface area (Å²) in [4.78, 5) is 0. The minimum atomic E-state index is 0.762. The molecular weight excluding hydrogens is 200 g/mol. The van der Waals surface area contributed by atoms with Crippen molar-refractivity contribution < 1.29 is 0 Å². The van der Waals surface area contributed by atoms with Crippen LogP contribution in [-0.2, 0) is 10.9 Å². The second-order valence-electron chi connectivity index (χ2n) is 4.43. The second kappa shape index (κ2) is 12.4. The largest absolute Gasteiger partial charge is 0.108 e. The van der Waals surface area contributed by atoms with Crippen molar-refractivity contribution in [1.29, 1.82) is 0 Å². The van der Waals surface area contributed by atoms with Crippen LogP contribution in [0.1, 0.15) is 72.1 Å². The maximum Gasteiger partial charge on any atom is 0.108 e. The summed E-state index contributed by atoms with van der Waals surface area (Å²) in [5.74, 6) is 4.46. The van der Waals surface area contributed by atoms with Crippen molar-refractivity contribution in [3.8, 4) is 0 Å². The van der Waals surface area contributed by atoms with Gasteiger partial charge < -0.3 is 0 Å². The van der Waals surface area contributed by atoms with Gasteiger partial charge in [-0.15, -0.1) is 0 Å². The van der Waals surface area contributed by atoms with Crippen molar-refractivity contribution in [2.45, 2.75) is 72.1 Å². The zero-order valence-corrected chi connectivity index (χ0v) is 12.0. The molecule has 0 aromatic heterocycles. The summed E-state index contributed by atoms with van der Waals surface area (Å²) in [6.07, 6.45) is 11.5. The molecule has 0 radical (unpaired) electrons. The summed E-state index contributed by atoms with van der Waals surface area (Å²) < 4.78 is 0. The van der Waals surface area contributed by atoms with Crippen LogP contribution >= 0.6 is 0 Å². The first-order chi connectivity index (χ1) is 7.35. The first-order valence-electron chi connectivity index (χ1n) is 6.99. The molecule has 92 valence electrons. The van der Waals surface area contributed by atoms with E-state index in [1.165, 1.54) is 68.6 Å². The fourth-order valence-corrected chi connectivity index (χ4v) is 3.86. The van der Waals surface area contributed by atoms with Crippen molar-refractivity contribution in [3.63, 3.8) is 0 Å². The summed E-state index contributed by atoms with van der Waals surface area (Å²) in [5.41, 5.74) is 0. The monoisotopic (exact) mass is 231 g/mol. The number of hydrogen-bond donors (Lipinski definition) is 0. The zero-order chi connectivity index (χ0) is 11.4. The molecule has 0 bridgehead atoms. The van der Waals surface area contributed by atoms with Crippen LogP contribution < -0.4 is 0 Å². The molecule has 0 fully saturated rings. The third kappa shape index (κ3) is 10.6. The van der Waals surface area contributed by atoms with Gasteiger partial charge in [0.2, 0.25) is 0 Å². The molecule has 0 saturated heterocycles. The number of unbranched alkanes of at least 4 members (excludes halogenated alkanes) is 6. The molecule has 0 aromatic rings. The highest BCUT2D eigenvalue weighted by atomic mass is 32.2. The number of rotatable bonds is 11. The fraction of sp³-hybridized carbons (Fsp3) is 1.00. The van der Waals surface area contributed by atoms with Crippen LogP contribution in [0.2, 0.25) is 0 Å². The average Bonchev–Trinajstić information content (AvgIpc) is 2.27. The quantitative estimate of drug-likeness (QED) is 0.354. The Labute approximate surface area is 101 Å². The van der Waals surface area contributed by atoms with Gasteiger partial charge in [-0.05, 0) is 43.5 Å². The summed E-state index contributed by atoms with van der Waals surface area (Å²) in [7, 11) is 0.762. The van der Waals surface area contributed by atoms with Gasteiger partial charge in [-0.2, -0.15) is 0 Å². The third-order valence-electron chi connectivity index (χ3n) is 2.98. The lowest BCUT2D eigenvalue weighted by Crippen LogP contribution is -2.14. The van der Waals surface area contributed by atoms with E-state index in [4.69, 9.17) is 0 Å². The summed E-state index contributed by atoms with van der Waals surface area (Å²) >= 11 is 0. The molecule has 0 saturated carbocycles. The average molecular weight is 231 g/mol. The standard InChI is InChI=1S/C14H31S/c1-4-7-9-11-13-15(6-3)14-12-10-8-5-2/h4-14H2,1-3H3/q+1. The molecule has 0 spiro atoms. The third-order valence-corrected chi connectivity index (χ3v) is 5.53. The Morgan fingerprint density at radius 3 is 1.40 bits per heavy atom. The van der Waals surface area contributed by atoms with Gasteiger partial charge in [0.05, 0.1) is 0 Å². The lowest BCUT2D eigenvalue weighted by atomic mass is 10.2. The summed E-state index contributed by atoms with van der Waals surface area (Å²) in [6, 6.07) is 0. The topological polar surface area (TPSA) is 0 Å². The highest BCUT2D eigenvalue weighted by Crippen LogP contribution is 2.09. The zero-order valence-electron chi connectivity index (χ0n) is 11.2. The molecule has 0 nitrogen and oxygen atoms in total. The lowest BCUT2D eigenvalue weighted by Gasteiger charge is -2.06. The van der Waals surface area contributed by atoms with Crippen molar-refractivity contribution >= 4 is 10.9 Å². The Morgan fingerprint density at radius 2 is 1.07 bits per heavy atom. The van der Waals surface area contributed by atoms with Crippen molar-refractivity contribution in [3.05, 3.63) is 0 Å². The highest BCUT2D eigenvalue weighted by molar-refractivity contribution is 7.96. The Morgan fingerprint density at radius 1 is 0.600 bits per heavy atom. The first kappa shape index (κ1) is 15.3. The van der Waals surface area contributed by atoms with Gasteiger partial charge in [-0.25, -0.2) is 0 Å². The van der Waals surface area contributed by atoms with Crippen LogP contribution in [0.3, 0.4) is 0 Å². The van der Waals surface area contributed by atoms with Crippen LogP contribution in [0.15, 0.2) is 0 Å². The molecule has 0 aliphatic carbocycles. The Hall–Kier alpha value is 0.350. The Bertz CT molecular complexity index is 99.9. The van der Waals surface area contributed by atoms with Gasteiger partial charge in [0.15, 0.2) is 0 Å². The van der Waals surface area contributed by atoms with E-state index >= 15 is 0 Å². The van der Waals surface area contributed by atoms with Crippen LogP contribution in [0.25, 0.3) is 0 Å². The molecule has 1 heteroatoms.